The Hall–Kier alpha value is -4.15. The third-order valence-corrected chi connectivity index (χ3v) is 4.48. The number of fused-ring (bicyclic) bond motifs is 1. The van der Waals surface area contributed by atoms with Crippen molar-refractivity contribution in [2.24, 2.45) is 0 Å². The van der Waals surface area contributed by atoms with Crippen molar-refractivity contribution >= 4 is 22.7 Å². The molecule has 0 fully saturated rings. The number of aromatic amines is 1. The summed E-state index contributed by atoms with van der Waals surface area (Å²) < 4.78 is 54.6. The first kappa shape index (κ1) is 20.1. The van der Waals surface area contributed by atoms with Crippen LogP contribution in [-0.4, -0.2) is 26.6 Å². The van der Waals surface area contributed by atoms with Gasteiger partial charge in [0.1, 0.15) is 5.82 Å². The van der Waals surface area contributed by atoms with Gasteiger partial charge in [-0.3, -0.25) is 20.4 Å². The minimum Gasteiger partial charge on any atom is -0.360 e. The van der Waals surface area contributed by atoms with E-state index in [9.17, 15) is 27.2 Å². The van der Waals surface area contributed by atoms with Gasteiger partial charge in [-0.2, -0.15) is 18.3 Å². The first-order chi connectivity index (χ1) is 14.8. The molecule has 3 N–H and O–H groups in total. The van der Waals surface area contributed by atoms with E-state index in [1.165, 1.54) is 6.20 Å². The van der Waals surface area contributed by atoms with Crippen LogP contribution in [0.3, 0.4) is 0 Å². The number of aromatic nitrogens is 3. The molecule has 0 aliphatic rings. The highest BCUT2D eigenvalue weighted by Crippen LogP contribution is 2.33. The summed E-state index contributed by atoms with van der Waals surface area (Å²) in [5, 5.41) is 4.20. The SMILES string of the molecule is O=C(NNC(=O)c1c[nH]c2ccccc12)c1cnn(-c2ccc(F)cc2)c1C(F)(F)F. The molecule has 2 amide bonds. The summed E-state index contributed by atoms with van der Waals surface area (Å²) in [7, 11) is 0. The summed E-state index contributed by atoms with van der Waals surface area (Å²) in [6.07, 6.45) is -2.81. The first-order valence-electron chi connectivity index (χ1n) is 8.83. The first-order valence-corrected chi connectivity index (χ1v) is 8.83. The van der Waals surface area contributed by atoms with Crippen LogP contribution < -0.4 is 10.9 Å². The fourth-order valence-corrected chi connectivity index (χ4v) is 3.07. The average molecular weight is 431 g/mol. The van der Waals surface area contributed by atoms with Gasteiger partial charge < -0.3 is 4.98 Å². The predicted molar refractivity (Wildman–Crippen MR) is 102 cm³/mol. The van der Waals surface area contributed by atoms with E-state index in [-0.39, 0.29) is 11.3 Å². The Balaban J connectivity index is 1.58. The lowest BCUT2D eigenvalue weighted by Crippen LogP contribution is -2.42. The van der Waals surface area contributed by atoms with Crippen LogP contribution in [-0.2, 0) is 6.18 Å². The Bertz CT molecular complexity index is 1270. The second-order valence-electron chi connectivity index (χ2n) is 6.45. The Morgan fingerprint density at radius 2 is 1.58 bits per heavy atom. The summed E-state index contributed by atoms with van der Waals surface area (Å²) in [5.74, 6) is -2.57. The molecule has 2 aromatic heterocycles. The number of nitrogens with zero attached hydrogens (tertiary/aromatic N) is 2. The number of hydrogen-bond acceptors (Lipinski definition) is 3. The number of carbonyl (C=O) groups is 2. The number of hydrazine groups is 1. The summed E-state index contributed by atoms with van der Waals surface area (Å²) in [6.45, 7) is 0. The van der Waals surface area contributed by atoms with Crippen LogP contribution in [0.1, 0.15) is 26.4 Å². The molecule has 0 aliphatic carbocycles. The second kappa shape index (κ2) is 7.59. The van der Waals surface area contributed by atoms with Gasteiger partial charge in [0.25, 0.3) is 11.8 Å². The van der Waals surface area contributed by atoms with Crippen molar-refractivity contribution in [3.63, 3.8) is 0 Å². The van der Waals surface area contributed by atoms with Gasteiger partial charge in [-0.25, -0.2) is 9.07 Å². The zero-order valence-electron chi connectivity index (χ0n) is 15.5. The van der Waals surface area contributed by atoms with Crippen LogP contribution in [0.4, 0.5) is 17.6 Å². The lowest BCUT2D eigenvalue weighted by molar-refractivity contribution is -0.143. The normalized spacial score (nSPS) is 11.5. The van der Waals surface area contributed by atoms with Crippen LogP contribution in [0, 0.1) is 5.82 Å². The summed E-state index contributed by atoms with van der Waals surface area (Å²) >= 11 is 0. The standard InChI is InChI=1S/C20H13F4N5O2/c21-11-5-7-12(8-6-11)29-17(20(22,23)24)15(10-26-29)19(31)28-27-18(30)14-9-25-16-4-2-1-3-13(14)16/h1-10,25H,(H,27,30)(H,28,31). The van der Waals surface area contributed by atoms with Gasteiger partial charge in [0.15, 0.2) is 5.69 Å². The van der Waals surface area contributed by atoms with Crippen LogP contribution >= 0.6 is 0 Å². The number of rotatable bonds is 3. The molecule has 4 rings (SSSR count). The average Bonchev–Trinajstić information content (AvgIpc) is 3.37. The zero-order valence-corrected chi connectivity index (χ0v) is 15.5. The minimum atomic E-state index is -4.95. The number of para-hydroxylation sites is 1. The van der Waals surface area contributed by atoms with E-state index in [1.807, 2.05) is 5.43 Å². The molecular weight excluding hydrogens is 418 g/mol. The fraction of sp³-hybridized carbons (Fsp3) is 0.0500. The van der Waals surface area contributed by atoms with Gasteiger partial charge in [0.05, 0.1) is 23.0 Å². The monoisotopic (exact) mass is 431 g/mol. The highest BCUT2D eigenvalue weighted by atomic mass is 19.4. The van der Waals surface area contributed by atoms with Crippen molar-refractivity contribution in [1.29, 1.82) is 0 Å². The number of benzene rings is 2. The summed E-state index contributed by atoms with van der Waals surface area (Å²) in [6, 6.07) is 11.0. The molecule has 0 aliphatic heterocycles. The maximum absolute atomic E-state index is 13.7. The number of amides is 2. The van der Waals surface area contributed by atoms with Gasteiger partial charge in [0.2, 0.25) is 0 Å². The number of H-pyrrole nitrogens is 1. The second-order valence-corrected chi connectivity index (χ2v) is 6.45. The van der Waals surface area contributed by atoms with Crippen LogP contribution in [0.5, 0.6) is 0 Å². The Morgan fingerprint density at radius 3 is 2.26 bits per heavy atom. The van der Waals surface area contributed by atoms with E-state index in [0.717, 1.165) is 30.5 Å². The fourth-order valence-electron chi connectivity index (χ4n) is 3.07. The predicted octanol–water partition coefficient (Wildman–Crippen LogP) is 3.59. The zero-order chi connectivity index (χ0) is 22.2. The van der Waals surface area contributed by atoms with Crippen molar-refractivity contribution in [2.75, 3.05) is 0 Å². The van der Waals surface area contributed by atoms with Crippen molar-refractivity contribution in [1.82, 2.24) is 25.6 Å². The van der Waals surface area contributed by atoms with Crippen LogP contribution in [0.25, 0.3) is 16.6 Å². The van der Waals surface area contributed by atoms with Crippen LogP contribution in [0.2, 0.25) is 0 Å². The molecule has 0 spiro atoms. The number of halogens is 4. The number of hydrogen-bond donors (Lipinski definition) is 3. The Morgan fingerprint density at radius 1 is 0.935 bits per heavy atom. The molecule has 11 heteroatoms. The topological polar surface area (TPSA) is 91.8 Å². The molecule has 158 valence electrons. The van der Waals surface area contributed by atoms with E-state index in [1.54, 1.807) is 24.3 Å². The number of carbonyl (C=O) groups excluding carboxylic acids is 2. The summed E-state index contributed by atoms with van der Waals surface area (Å²) in [4.78, 5) is 27.7. The van der Waals surface area contributed by atoms with Crippen LogP contribution in [0.15, 0.2) is 60.9 Å². The molecule has 31 heavy (non-hydrogen) atoms. The summed E-state index contributed by atoms with van der Waals surface area (Å²) in [5.41, 5.74) is 2.69. The van der Waals surface area contributed by atoms with Gasteiger partial charge in [0, 0.05) is 17.1 Å². The highest BCUT2D eigenvalue weighted by molar-refractivity contribution is 6.07. The maximum Gasteiger partial charge on any atom is 0.434 e. The molecule has 0 unspecified atom stereocenters. The lowest BCUT2D eigenvalue weighted by atomic mass is 10.2. The molecule has 0 saturated heterocycles. The van der Waals surface area contributed by atoms with Crippen molar-refractivity contribution in [3.05, 3.63) is 83.6 Å². The van der Waals surface area contributed by atoms with Gasteiger partial charge >= 0.3 is 6.18 Å². The number of nitrogens with one attached hydrogen (secondary N) is 3. The quantitative estimate of drug-likeness (QED) is 0.342. The molecular formula is C20H13F4N5O2. The van der Waals surface area contributed by atoms with Crippen molar-refractivity contribution < 1.29 is 27.2 Å². The molecule has 2 heterocycles. The lowest BCUT2D eigenvalue weighted by Gasteiger charge is -2.13. The minimum absolute atomic E-state index is 0.0874. The van der Waals surface area contributed by atoms with Gasteiger partial charge in [-0.15, -0.1) is 0 Å². The molecule has 0 saturated carbocycles. The number of alkyl halides is 3. The molecule has 0 radical (unpaired) electrons. The largest absolute Gasteiger partial charge is 0.434 e. The smallest absolute Gasteiger partial charge is 0.360 e. The maximum atomic E-state index is 13.7. The van der Waals surface area contributed by atoms with Gasteiger partial charge in [-0.05, 0) is 30.3 Å². The van der Waals surface area contributed by atoms with Crippen molar-refractivity contribution in [2.45, 2.75) is 6.18 Å². The highest BCUT2D eigenvalue weighted by Gasteiger charge is 2.40. The molecule has 2 aromatic carbocycles. The van der Waals surface area contributed by atoms with E-state index in [0.29, 0.717) is 15.6 Å². The van der Waals surface area contributed by atoms with Crippen molar-refractivity contribution in [3.8, 4) is 5.69 Å². The third-order valence-electron chi connectivity index (χ3n) is 4.48. The molecule has 4 aromatic rings. The molecule has 0 atom stereocenters. The van der Waals surface area contributed by atoms with E-state index < -0.39 is 35.1 Å². The van der Waals surface area contributed by atoms with E-state index >= 15 is 0 Å². The van der Waals surface area contributed by atoms with E-state index in [4.69, 9.17) is 0 Å². The molecule has 0 bridgehead atoms. The third kappa shape index (κ3) is 3.84. The Kier molecular flexibility index (Phi) is 4.93. The molecule has 7 nitrogen and oxygen atoms in total. The Labute approximate surface area is 171 Å². The van der Waals surface area contributed by atoms with E-state index in [2.05, 4.69) is 15.5 Å². The van der Waals surface area contributed by atoms with Gasteiger partial charge in [-0.1, -0.05) is 18.2 Å².